The predicted octanol–water partition coefficient (Wildman–Crippen LogP) is 3.62. The summed E-state index contributed by atoms with van der Waals surface area (Å²) < 4.78 is 0.372. The molecule has 2 heteroatoms. The molecule has 1 aromatic carbocycles. The molecule has 0 spiro atoms. The van der Waals surface area contributed by atoms with E-state index in [-0.39, 0.29) is 0 Å². The number of hydrogen-bond acceptors (Lipinski definition) is 2. The number of hydrogen-bond donors (Lipinski definition) is 1. The quantitative estimate of drug-likeness (QED) is 0.855. The van der Waals surface area contributed by atoms with Crippen LogP contribution in [0.5, 0.6) is 0 Å². The van der Waals surface area contributed by atoms with Crippen molar-refractivity contribution in [3.8, 4) is 0 Å². The third-order valence-corrected chi connectivity index (χ3v) is 4.99. The molecule has 2 unspecified atom stereocenters. The van der Waals surface area contributed by atoms with E-state index >= 15 is 0 Å². The van der Waals surface area contributed by atoms with Crippen LogP contribution < -0.4 is 5.32 Å². The maximum absolute atomic E-state index is 3.66. The largest absolute Gasteiger partial charge is 0.309 e. The average Bonchev–Trinajstić information content (AvgIpc) is 2.75. The van der Waals surface area contributed by atoms with E-state index in [1.807, 2.05) is 0 Å². The van der Waals surface area contributed by atoms with Gasteiger partial charge in [0.1, 0.15) is 0 Å². The van der Waals surface area contributed by atoms with Crippen LogP contribution in [0.15, 0.2) is 30.3 Å². The second-order valence-electron chi connectivity index (χ2n) is 4.67. The monoisotopic (exact) mass is 235 g/mol. The summed E-state index contributed by atoms with van der Waals surface area (Å²) in [6.07, 6.45) is 2.68. The molecule has 0 amide bonds. The highest BCUT2D eigenvalue weighted by molar-refractivity contribution is 8.00. The fourth-order valence-electron chi connectivity index (χ4n) is 2.56. The van der Waals surface area contributed by atoms with E-state index in [9.17, 15) is 0 Å². The Balaban J connectivity index is 2.23. The average molecular weight is 235 g/mol. The van der Waals surface area contributed by atoms with Crippen molar-refractivity contribution < 1.29 is 0 Å². The second-order valence-corrected chi connectivity index (χ2v) is 6.30. The first kappa shape index (κ1) is 12.0. The first-order valence-corrected chi connectivity index (χ1v) is 7.17. The van der Waals surface area contributed by atoms with Crippen molar-refractivity contribution in [1.82, 2.24) is 5.32 Å². The van der Waals surface area contributed by atoms with E-state index in [1.165, 1.54) is 24.2 Å². The molecular weight excluding hydrogens is 214 g/mol. The molecule has 0 bridgehead atoms. The van der Waals surface area contributed by atoms with Crippen molar-refractivity contribution in [2.45, 2.75) is 37.5 Å². The van der Waals surface area contributed by atoms with Crippen LogP contribution in [0.3, 0.4) is 0 Å². The van der Waals surface area contributed by atoms with E-state index < -0.39 is 0 Å². The van der Waals surface area contributed by atoms with E-state index in [1.54, 1.807) is 0 Å². The zero-order chi connectivity index (χ0) is 11.4. The normalized spacial score (nSPS) is 26.9. The summed E-state index contributed by atoms with van der Waals surface area (Å²) in [6, 6.07) is 11.4. The van der Waals surface area contributed by atoms with Crippen molar-refractivity contribution in [3.05, 3.63) is 35.9 Å². The highest BCUT2D eigenvalue weighted by Crippen LogP contribution is 2.46. The summed E-state index contributed by atoms with van der Waals surface area (Å²) in [5.74, 6) is 1.31. The van der Waals surface area contributed by atoms with Crippen LogP contribution in [0.25, 0.3) is 0 Å². The molecule has 2 atom stereocenters. The van der Waals surface area contributed by atoms with Gasteiger partial charge in [-0.1, -0.05) is 37.3 Å². The standard InChI is InChI=1S/C14H21NS/c1-3-15-13(12-8-5-4-6-9-12)14(2)10-7-11-16-14/h4-6,8-9,13,15H,3,7,10-11H2,1-2H3. The fourth-order valence-corrected chi connectivity index (χ4v) is 3.99. The van der Waals surface area contributed by atoms with Gasteiger partial charge in [0.25, 0.3) is 0 Å². The van der Waals surface area contributed by atoms with E-state index in [4.69, 9.17) is 0 Å². The molecule has 0 aromatic heterocycles. The van der Waals surface area contributed by atoms with Crippen molar-refractivity contribution in [2.75, 3.05) is 12.3 Å². The number of thioether (sulfide) groups is 1. The van der Waals surface area contributed by atoms with E-state index in [0.29, 0.717) is 10.8 Å². The van der Waals surface area contributed by atoms with Gasteiger partial charge in [-0.05, 0) is 37.6 Å². The summed E-state index contributed by atoms with van der Waals surface area (Å²) in [7, 11) is 0. The van der Waals surface area contributed by atoms with Crippen LogP contribution in [0.1, 0.15) is 38.3 Å². The Morgan fingerprint density at radius 3 is 2.69 bits per heavy atom. The highest BCUT2D eigenvalue weighted by atomic mass is 32.2. The maximum atomic E-state index is 3.66. The topological polar surface area (TPSA) is 12.0 Å². The van der Waals surface area contributed by atoms with Crippen molar-refractivity contribution in [2.24, 2.45) is 0 Å². The molecule has 88 valence electrons. The van der Waals surface area contributed by atoms with Gasteiger partial charge in [-0.2, -0.15) is 11.8 Å². The zero-order valence-electron chi connectivity index (χ0n) is 10.2. The van der Waals surface area contributed by atoms with Crippen molar-refractivity contribution in [1.29, 1.82) is 0 Å². The van der Waals surface area contributed by atoms with Crippen molar-refractivity contribution >= 4 is 11.8 Å². The Kier molecular flexibility index (Phi) is 3.93. The summed E-state index contributed by atoms with van der Waals surface area (Å²) in [6.45, 7) is 5.64. The molecule has 16 heavy (non-hydrogen) atoms. The smallest absolute Gasteiger partial charge is 0.0466 e. The first-order valence-electron chi connectivity index (χ1n) is 6.18. The highest BCUT2D eigenvalue weighted by Gasteiger charge is 2.38. The Morgan fingerprint density at radius 1 is 1.38 bits per heavy atom. The molecule has 1 nitrogen and oxygen atoms in total. The van der Waals surface area contributed by atoms with Gasteiger partial charge in [-0.25, -0.2) is 0 Å². The third kappa shape index (κ3) is 2.44. The van der Waals surface area contributed by atoms with Crippen LogP contribution in [-0.4, -0.2) is 17.0 Å². The molecule has 1 fully saturated rings. The van der Waals surface area contributed by atoms with Gasteiger partial charge in [0.2, 0.25) is 0 Å². The molecule has 1 N–H and O–H groups in total. The lowest BCUT2D eigenvalue weighted by Crippen LogP contribution is -2.37. The van der Waals surface area contributed by atoms with Crippen LogP contribution in [0, 0.1) is 0 Å². The number of benzene rings is 1. The predicted molar refractivity (Wildman–Crippen MR) is 73.0 cm³/mol. The van der Waals surface area contributed by atoms with E-state index in [2.05, 4.69) is 61.3 Å². The maximum Gasteiger partial charge on any atom is 0.0466 e. The zero-order valence-corrected chi connectivity index (χ0v) is 11.0. The lowest BCUT2D eigenvalue weighted by Gasteiger charge is -2.34. The lowest BCUT2D eigenvalue weighted by molar-refractivity contribution is 0.421. The molecule has 1 heterocycles. The second kappa shape index (κ2) is 5.24. The molecule has 0 aliphatic carbocycles. The first-order chi connectivity index (χ1) is 7.76. The van der Waals surface area contributed by atoms with Gasteiger partial charge >= 0.3 is 0 Å². The van der Waals surface area contributed by atoms with E-state index in [0.717, 1.165) is 6.54 Å². The van der Waals surface area contributed by atoms with Gasteiger partial charge in [0.05, 0.1) is 0 Å². The summed E-state index contributed by atoms with van der Waals surface area (Å²) >= 11 is 2.13. The van der Waals surface area contributed by atoms with Crippen LogP contribution in [0.2, 0.25) is 0 Å². The summed E-state index contributed by atoms with van der Waals surface area (Å²) in [5, 5.41) is 3.66. The SMILES string of the molecule is CCNC(c1ccccc1)C1(C)CCCS1. The minimum Gasteiger partial charge on any atom is -0.309 e. The minimum absolute atomic E-state index is 0.372. The fraction of sp³-hybridized carbons (Fsp3) is 0.571. The molecule has 1 aromatic rings. The molecule has 0 saturated carbocycles. The van der Waals surface area contributed by atoms with Crippen LogP contribution in [0.4, 0.5) is 0 Å². The van der Waals surface area contributed by atoms with Crippen LogP contribution in [-0.2, 0) is 0 Å². The van der Waals surface area contributed by atoms with Gasteiger partial charge < -0.3 is 5.32 Å². The Morgan fingerprint density at radius 2 is 2.12 bits per heavy atom. The Labute approximate surface area is 103 Å². The molecule has 2 rings (SSSR count). The molecular formula is C14H21NS. The van der Waals surface area contributed by atoms with Gasteiger partial charge in [0.15, 0.2) is 0 Å². The number of rotatable bonds is 4. The van der Waals surface area contributed by atoms with Gasteiger partial charge in [-0.15, -0.1) is 0 Å². The Hall–Kier alpha value is -0.470. The lowest BCUT2D eigenvalue weighted by atomic mass is 9.90. The molecule has 1 saturated heterocycles. The van der Waals surface area contributed by atoms with Gasteiger partial charge in [0, 0.05) is 10.8 Å². The third-order valence-electron chi connectivity index (χ3n) is 3.40. The summed E-state index contributed by atoms with van der Waals surface area (Å²) in [4.78, 5) is 0. The molecule has 0 radical (unpaired) electrons. The molecule has 1 aliphatic heterocycles. The Bertz CT molecular complexity index is 317. The molecule has 1 aliphatic rings. The number of nitrogens with one attached hydrogen (secondary N) is 1. The van der Waals surface area contributed by atoms with Crippen molar-refractivity contribution in [3.63, 3.8) is 0 Å². The van der Waals surface area contributed by atoms with Gasteiger partial charge in [-0.3, -0.25) is 0 Å². The minimum atomic E-state index is 0.372. The summed E-state index contributed by atoms with van der Waals surface area (Å²) in [5.41, 5.74) is 1.43. The van der Waals surface area contributed by atoms with Crippen LogP contribution >= 0.6 is 11.8 Å².